The van der Waals surface area contributed by atoms with Gasteiger partial charge in [0.25, 0.3) is 0 Å². The number of hydrogen-bond acceptors (Lipinski definition) is 3. The highest BCUT2D eigenvalue weighted by atomic mass is 35.5. The molecule has 0 unspecified atom stereocenters. The van der Waals surface area contributed by atoms with Gasteiger partial charge in [0.2, 0.25) is 0 Å². The summed E-state index contributed by atoms with van der Waals surface area (Å²) in [6, 6.07) is 17.6. The molecule has 2 heterocycles. The minimum Gasteiger partial charge on any atom is -0.465 e. The molecule has 0 atom stereocenters. The van der Waals surface area contributed by atoms with Gasteiger partial charge in [-0.3, -0.25) is 4.98 Å². The molecule has 4 rings (SSSR count). The summed E-state index contributed by atoms with van der Waals surface area (Å²) in [4.78, 5) is 16.2. The number of rotatable bonds is 4. The third-order valence-corrected chi connectivity index (χ3v) is 4.79. The largest absolute Gasteiger partial charge is 0.465 e. The summed E-state index contributed by atoms with van der Waals surface area (Å²) < 4.78 is 6.99. The number of halogens is 1. The van der Waals surface area contributed by atoms with Gasteiger partial charge in [0.05, 0.1) is 30.1 Å². The first kappa shape index (κ1) is 17.3. The molecule has 0 saturated carbocycles. The Morgan fingerprint density at radius 3 is 2.81 bits per heavy atom. The minimum atomic E-state index is -0.378. The summed E-state index contributed by atoms with van der Waals surface area (Å²) >= 11 is 6.04. The number of aromatic nitrogens is 2. The first-order valence-corrected chi connectivity index (χ1v) is 8.90. The number of ether oxygens (including phenoxy) is 1. The van der Waals surface area contributed by atoms with Crippen molar-refractivity contribution in [1.82, 2.24) is 9.55 Å². The van der Waals surface area contributed by atoms with Crippen LogP contribution in [0.5, 0.6) is 0 Å². The number of methoxy groups -OCH3 is 1. The quantitative estimate of drug-likeness (QED) is 0.468. The van der Waals surface area contributed by atoms with Gasteiger partial charge in [-0.25, -0.2) is 4.79 Å². The highest BCUT2D eigenvalue weighted by Crippen LogP contribution is 2.25. The van der Waals surface area contributed by atoms with Crippen LogP contribution in [0.1, 0.15) is 21.5 Å². The van der Waals surface area contributed by atoms with Crippen molar-refractivity contribution >= 4 is 28.5 Å². The Hall–Kier alpha value is -3.11. The summed E-state index contributed by atoms with van der Waals surface area (Å²) in [5, 5.41) is 1.65. The van der Waals surface area contributed by atoms with E-state index in [1.54, 1.807) is 18.3 Å². The number of nitrogens with zero attached hydrogens (tertiary/aromatic N) is 2. The molecule has 5 heteroatoms. The maximum absolute atomic E-state index is 12.1. The van der Waals surface area contributed by atoms with Crippen molar-refractivity contribution < 1.29 is 9.53 Å². The molecule has 4 aromatic rings. The van der Waals surface area contributed by atoms with Crippen LogP contribution in [0.15, 0.2) is 73.2 Å². The van der Waals surface area contributed by atoms with Crippen molar-refractivity contribution in [2.24, 2.45) is 0 Å². The van der Waals surface area contributed by atoms with Crippen molar-refractivity contribution in [3.8, 4) is 5.69 Å². The first-order valence-electron chi connectivity index (χ1n) is 8.53. The fraction of sp³-hybridized carbons (Fsp3) is 0.0909. The van der Waals surface area contributed by atoms with Crippen LogP contribution in [-0.4, -0.2) is 22.6 Å². The van der Waals surface area contributed by atoms with E-state index in [-0.39, 0.29) is 5.97 Å². The Morgan fingerprint density at radius 2 is 2.04 bits per heavy atom. The molecule has 0 saturated heterocycles. The molecule has 0 aliphatic rings. The Morgan fingerprint density at radius 1 is 1.15 bits per heavy atom. The Kier molecular flexibility index (Phi) is 4.65. The highest BCUT2D eigenvalue weighted by Gasteiger charge is 2.13. The third kappa shape index (κ3) is 3.44. The molecule has 0 spiro atoms. The molecule has 0 aliphatic carbocycles. The molecule has 0 fully saturated rings. The average Bonchev–Trinajstić information content (AvgIpc) is 3.12. The normalized spacial score (nSPS) is 10.9. The molecule has 4 nitrogen and oxygen atoms in total. The van der Waals surface area contributed by atoms with Crippen molar-refractivity contribution in [2.75, 3.05) is 7.11 Å². The second-order valence-electron chi connectivity index (χ2n) is 6.26. The zero-order chi connectivity index (χ0) is 18.8. The van der Waals surface area contributed by atoms with Crippen molar-refractivity contribution in [2.45, 2.75) is 6.42 Å². The number of benzene rings is 2. The molecular weight excluding hydrogens is 360 g/mol. The number of esters is 1. The zero-order valence-electron chi connectivity index (χ0n) is 14.7. The standard InChI is InChI=1S/C22H17ClN2O2/c1-27-22(26)20-13-18(23)6-5-16(20)11-15-4-7-21-17(12-15)8-10-25(21)19-3-2-9-24-14-19/h2-10,12-14H,11H2,1H3. The van der Waals surface area contributed by atoms with Gasteiger partial charge in [-0.05, 0) is 60.0 Å². The van der Waals surface area contributed by atoms with Crippen LogP contribution in [0.3, 0.4) is 0 Å². The van der Waals surface area contributed by atoms with Crippen molar-refractivity contribution in [3.05, 3.63) is 94.9 Å². The van der Waals surface area contributed by atoms with E-state index in [0.717, 1.165) is 27.7 Å². The highest BCUT2D eigenvalue weighted by molar-refractivity contribution is 6.31. The number of carbonyl (C=O) groups excluding carboxylic acids is 1. The molecule has 0 amide bonds. The molecule has 0 radical (unpaired) electrons. The van der Waals surface area contributed by atoms with Crippen LogP contribution >= 0.6 is 11.6 Å². The lowest BCUT2D eigenvalue weighted by molar-refractivity contribution is 0.0599. The molecule has 0 bridgehead atoms. The smallest absolute Gasteiger partial charge is 0.338 e. The van der Waals surface area contributed by atoms with Crippen molar-refractivity contribution in [1.29, 1.82) is 0 Å². The molecule has 2 aromatic heterocycles. The van der Waals surface area contributed by atoms with Crippen molar-refractivity contribution in [3.63, 3.8) is 0 Å². The van der Waals surface area contributed by atoms with Gasteiger partial charge in [-0.2, -0.15) is 0 Å². The lowest BCUT2D eigenvalue weighted by Crippen LogP contribution is -2.06. The van der Waals surface area contributed by atoms with Gasteiger partial charge in [0.1, 0.15) is 0 Å². The van der Waals surface area contributed by atoms with E-state index in [0.29, 0.717) is 17.0 Å². The Bertz CT molecular complexity index is 1120. The lowest BCUT2D eigenvalue weighted by atomic mass is 9.99. The molecule has 134 valence electrons. The van der Waals surface area contributed by atoms with Crippen LogP contribution in [0.25, 0.3) is 16.6 Å². The van der Waals surface area contributed by atoms with E-state index in [2.05, 4.69) is 33.8 Å². The summed E-state index contributed by atoms with van der Waals surface area (Å²) in [5.74, 6) is -0.378. The second-order valence-corrected chi connectivity index (χ2v) is 6.70. The number of fused-ring (bicyclic) bond motifs is 1. The second kappa shape index (κ2) is 7.25. The Labute approximate surface area is 162 Å². The van der Waals surface area contributed by atoms with Gasteiger partial charge in [0.15, 0.2) is 0 Å². The van der Waals surface area contributed by atoms with Crippen LogP contribution in [0.4, 0.5) is 0 Å². The topological polar surface area (TPSA) is 44.1 Å². The van der Waals surface area contributed by atoms with E-state index in [9.17, 15) is 4.79 Å². The fourth-order valence-corrected chi connectivity index (χ4v) is 3.42. The molecular formula is C22H17ClN2O2. The van der Waals surface area contributed by atoms with E-state index < -0.39 is 0 Å². The fourth-order valence-electron chi connectivity index (χ4n) is 3.25. The Balaban J connectivity index is 1.70. The maximum Gasteiger partial charge on any atom is 0.338 e. The SMILES string of the molecule is COC(=O)c1cc(Cl)ccc1Cc1ccc2c(ccn2-c2cccnc2)c1. The van der Waals surface area contributed by atoms with Crippen LogP contribution < -0.4 is 0 Å². The number of pyridine rings is 1. The molecule has 0 aliphatic heterocycles. The lowest BCUT2D eigenvalue weighted by Gasteiger charge is -2.10. The molecule has 27 heavy (non-hydrogen) atoms. The van der Waals surface area contributed by atoms with E-state index in [4.69, 9.17) is 16.3 Å². The van der Waals surface area contributed by atoms with Crippen LogP contribution in [-0.2, 0) is 11.2 Å². The predicted molar refractivity (Wildman–Crippen MR) is 107 cm³/mol. The van der Waals surface area contributed by atoms with Gasteiger partial charge in [-0.1, -0.05) is 23.7 Å². The van der Waals surface area contributed by atoms with Gasteiger partial charge >= 0.3 is 5.97 Å². The summed E-state index contributed by atoms with van der Waals surface area (Å²) in [6.07, 6.45) is 6.26. The van der Waals surface area contributed by atoms with Crippen LogP contribution in [0, 0.1) is 0 Å². The monoisotopic (exact) mass is 376 g/mol. The number of carbonyl (C=O) groups is 1. The van der Waals surface area contributed by atoms with Crippen LogP contribution in [0.2, 0.25) is 5.02 Å². The van der Waals surface area contributed by atoms with Gasteiger partial charge in [0, 0.05) is 22.8 Å². The van der Waals surface area contributed by atoms with E-state index in [1.165, 1.54) is 7.11 Å². The van der Waals surface area contributed by atoms with E-state index >= 15 is 0 Å². The summed E-state index contributed by atoms with van der Waals surface area (Å²) in [7, 11) is 1.38. The zero-order valence-corrected chi connectivity index (χ0v) is 15.5. The summed E-state index contributed by atoms with van der Waals surface area (Å²) in [6.45, 7) is 0. The minimum absolute atomic E-state index is 0.378. The van der Waals surface area contributed by atoms with Gasteiger partial charge < -0.3 is 9.30 Å². The van der Waals surface area contributed by atoms with E-state index in [1.807, 2.05) is 30.6 Å². The maximum atomic E-state index is 12.1. The first-order chi connectivity index (χ1) is 13.2. The predicted octanol–water partition coefficient (Wildman–Crippen LogP) is 5.06. The average molecular weight is 377 g/mol. The molecule has 0 N–H and O–H groups in total. The van der Waals surface area contributed by atoms with Gasteiger partial charge in [-0.15, -0.1) is 0 Å². The third-order valence-electron chi connectivity index (χ3n) is 4.55. The molecule has 2 aromatic carbocycles. The summed E-state index contributed by atoms with van der Waals surface area (Å²) in [5.41, 5.74) is 4.62. The number of hydrogen-bond donors (Lipinski definition) is 0.